The first-order valence-electron chi connectivity index (χ1n) is 10.2. The molecule has 3 aromatic rings. The highest BCUT2D eigenvalue weighted by Crippen LogP contribution is 2.30. The van der Waals surface area contributed by atoms with Crippen molar-refractivity contribution in [2.75, 3.05) is 54.5 Å². The average molecular weight is 391 g/mol. The van der Waals surface area contributed by atoms with Gasteiger partial charge in [0.05, 0.1) is 18.7 Å². The van der Waals surface area contributed by atoms with Crippen LogP contribution in [0, 0.1) is 0 Å². The van der Waals surface area contributed by atoms with Crippen LogP contribution in [0.4, 0.5) is 17.6 Å². The van der Waals surface area contributed by atoms with Gasteiger partial charge in [-0.05, 0) is 31.0 Å². The summed E-state index contributed by atoms with van der Waals surface area (Å²) in [6, 6.07) is 8.32. The molecule has 0 saturated carbocycles. The number of pyridine rings is 2. The van der Waals surface area contributed by atoms with Crippen molar-refractivity contribution in [3.63, 3.8) is 0 Å². The minimum absolute atomic E-state index is 0.284. The van der Waals surface area contributed by atoms with Gasteiger partial charge in [-0.3, -0.25) is 4.98 Å². The first kappa shape index (κ1) is 18.1. The number of anilines is 3. The van der Waals surface area contributed by atoms with Crippen LogP contribution >= 0.6 is 0 Å². The topological polar surface area (TPSA) is 79.3 Å². The number of fused-ring (bicyclic) bond motifs is 1. The number of morpholine rings is 1. The quantitative estimate of drug-likeness (QED) is 0.726. The van der Waals surface area contributed by atoms with Crippen molar-refractivity contribution >= 4 is 28.5 Å². The lowest BCUT2D eigenvalue weighted by Crippen LogP contribution is -2.43. The van der Waals surface area contributed by atoms with E-state index < -0.39 is 0 Å². The van der Waals surface area contributed by atoms with Crippen molar-refractivity contribution < 1.29 is 4.74 Å². The Kier molecular flexibility index (Phi) is 5.08. The molecule has 150 valence electrons. The van der Waals surface area contributed by atoms with E-state index in [4.69, 9.17) is 9.72 Å². The van der Waals surface area contributed by atoms with Crippen molar-refractivity contribution in [1.82, 2.24) is 19.9 Å². The summed E-state index contributed by atoms with van der Waals surface area (Å²) >= 11 is 0. The Balaban J connectivity index is 1.44. The summed E-state index contributed by atoms with van der Waals surface area (Å²) in [5, 5.41) is 4.57. The zero-order valence-electron chi connectivity index (χ0n) is 16.4. The molecule has 5 heterocycles. The number of nitrogens with one attached hydrogen (secondary N) is 1. The van der Waals surface area contributed by atoms with E-state index in [-0.39, 0.29) is 6.04 Å². The molecule has 0 aromatic carbocycles. The number of ether oxygens (including phenoxy) is 1. The highest BCUT2D eigenvalue weighted by molar-refractivity contribution is 5.91. The molecule has 0 bridgehead atoms. The summed E-state index contributed by atoms with van der Waals surface area (Å²) in [5.74, 6) is 2.68. The second-order valence-corrected chi connectivity index (χ2v) is 7.48. The maximum absolute atomic E-state index is 5.51. The van der Waals surface area contributed by atoms with Crippen LogP contribution in [0.2, 0.25) is 0 Å². The minimum Gasteiger partial charge on any atom is -0.378 e. The van der Waals surface area contributed by atoms with Gasteiger partial charge in [0.15, 0.2) is 0 Å². The fourth-order valence-electron chi connectivity index (χ4n) is 4.08. The molecule has 0 amide bonds. The van der Waals surface area contributed by atoms with Crippen LogP contribution in [0.15, 0.2) is 42.9 Å². The largest absolute Gasteiger partial charge is 0.378 e. The van der Waals surface area contributed by atoms with Crippen LogP contribution < -0.4 is 15.1 Å². The summed E-state index contributed by atoms with van der Waals surface area (Å²) in [7, 11) is 0. The van der Waals surface area contributed by atoms with E-state index in [1.165, 1.54) is 0 Å². The van der Waals surface area contributed by atoms with Gasteiger partial charge in [-0.15, -0.1) is 0 Å². The SMILES string of the molecule is c1cnc(NC2CCCN(c3nc(N4CCOCC4)cc4ncccc34)C2)nc1. The zero-order chi connectivity index (χ0) is 19.5. The van der Waals surface area contributed by atoms with Gasteiger partial charge >= 0.3 is 0 Å². The number of hydrogen-bond donors (Lipinski definition) is 1. The lowest BCUT2D eigenvalue weighted by Gasteiger charge is -2.35. The Labute approximate surface area is 170 Å². The van der Waals surface area contributed by atoms with E-state index in [9.17, 15) is 0 Å². The summed E-state index contributed by atoms with van der Waals surface area (Å²) in [5.41, 5.74) is 0.987. The van der Waals surface area contributed by atoms with Crippen LogP contribution in [-0.2, 0) is 4.74 Å². The van der Waals surface area contributed by atoms with Gasteiger partial charge in [-0.1, -0.05) is 0 Å². The van der Waals surface area contributed by atoms with E-state index in [1.807, 2.05) is 18.3 Å². The predicted molar refractivity (Wildman–Crippen MR) is 113 cm³/mol. The highest BCUT2D eigenvalue weighted by atomic mass is 16.5. The minimum atomic E-state index is 0.284. The maximum Gasteiger partial charge on any atom is 0.222 e. The molecule has 29 heavy (non-hydrogen) atoms. The standard InChI is InChI=1S/C21H25N7O/c1-5-17-18(22-6-1)14-19(27-10-12-29-13-11-27)26-20(17)28-9-2-4-16(15-28)25-21-23-7-3-8-24-21/h1,3,5-8,14,16H,2,4,9-13,15H2,(H,23,24,25). The number of piperidine rings is 1. The molecule has 0 aliphatic carbocycles. The van der Waals surface area contributed by atoms with Crippen LogP contribution in [0.5, 0.6) is 0 Å². The smallest absolute Gasteiger partial charge is 0.222 e. The molecule has 5 rings (SSSR count). The van der Waals surface area contributed by atoms with Crippen LogP contribution in [0.1, 0.15) is 12.8 Å². The Morgan fingerprint density at radius 3 is 2.66 bits per heavy atom. The van der Waals surface area contributed by atoms with Gasteiger partial charge in [0, 0.05) is 62.3 Å². The summed E-state index contributed by atoms with van der Waals surface area (Å²) < 4.78 is 5.51. The molecule has 2 fully saturated rings. The lowest BCUT2D eigenvalue weighted by atomic mass is 10.1. The Morgan fingerprint density at radius 2 is 1.79 bits per heavy atom. The summed E-state index contributed by atoms with van der Waals surface area (Å²) in [4.78, 5) is 23.0. The Hall–Kier alpha value is -3.00. The van der Waals surface area contributed by atoms with Crippen molar-refractivity contribution in [3.05, 3.63) is 42.9 Å². The van der Waals surface area contributed by atoms with Crippen molar-refractivity contribution in [2.24, 2.45) is 0 Å². The van der Waals surface area contributed by atoms with E-state index in [1.54, 1.807) is 12.4 Å². The van der Waals surface area contributed by atoms with E-state index in [0.29, 0.717) is 5.95 Å². The Bertz CT molecular complexity index is 962. The molecule has 2 saturated heterocycles. The monoisotopic (exact) mass is 391 g/mol. The molecule has 0 spiro atoms. The molecule has 8 nitrogen and oxygen atoms in total. The fourth-order valence-corrected chi connectivity index (χ4v) is 4.08. The third-order valence-electron chi connectivity index (χ3n) is 5.52. The van der Waals surface area contributed by atoms with Crippen LogP contribution in [0.3, 0.4) is 0 Å². The number of aromatic nitrogens is 4. The molecule has 1 N–H and O–H groups in total. The van der Waals surface area contributed by atoms with Crippen molar-refractivity contribution in [1.29, 1.82) is 0 Å². The molecule has 1 atom stereocenters. The van der Waals surface area contributed by atoms with Gasteiger partial charge in [0.25, 0.3) is 0 Å². The van der Waals surface area contributed by atoms with Crippen LogP contribution in [-0.4, -0.2) is 65.4 Å². The van der Waals surface area contributed by atoms with Gasteiger partial charge < -0.3 is 19.9 Å². The van der Waals surface area contributed by atoms with Crippen molar-refractivity contribution in [2.45, 2.75) is 18.9 Å². The molecule has 3 aromatic heterocycles. The zero-order valence-corrected chi connectivity index (χ0v) is 16.4. The number of nitrogens with zero attached hydrogens (tertiary/aromatic N) is 6. The van der Waals surface area contributed by atoms with E-state index in [2.05, 4.69) is 42.2 Å². The highest BCUT2D eigenvalue weighted by Gasteiger charge is 2.24. The van der Waals surface area contributed by atoms with Gasteiger partial charge in [0.1, 0.15) is 11.6 Å². The summed E-state index contributed by atoms with van der Waals surface area (Å²) in [6.07, 6.45) is 7.57. The van der Waals surface area contributed by atoms with Gasteiger partial charge in [0.2, 0.25) is 5.95 Å². The van der Waals surface area contributed by atoms with Gasteiger partial charge in [-0.25, -0.2) is 15.0 Å². The van der Waals surface area contributed by atoms with E-state index in [0.717, 1.165) is 74.8 Å². The molecule has 1 unspecified atom stereocenters. The molecule has 2 aliphatic heterocycles. The first-order chi connectivity index (χ1) is 14.4. The van der Waals surface area contributed by atoms with Gasteiger partial charge in [-0.2, -0.15) is 0 Å². The van der Waals surface area contributed by atoms with E-state index >= 15 is 0 Å². The molecule has 2 aliphatic rings. The number of rotatable bonds is 4. The third kappa shape index (κ3) is 3.93. The Morgan fingerprint density at radius 1 is 0.966 bits per heavy atom. The average Bonchev–Trinajstić information content (AvgIpc) is 2.80. The molecule has 0 radical (unpaired) electrons. The second kappa shape index (κ2) is 8.16. The molecule has 8 heteroatoms. The number of hydrogen-bond acceptors (Lipinski definition) is 8. The third-order valence-corrected chi connectivity index (χ3v) is 5.52. The summed E-state index contributed by atoms with van der Waals surface area (Å²) in [6.45, 7) is 5.05. The fraction of sp³-hybridized carbons (Fsp3) is 0.429. The molecular weight excluding hydrogens is 366 g/mol. The van der Waals surface area contributed by atoms with Crippen LogP contribution in [0.25, 0.3) is 10.9 Å². The molecular formula is C21H25N7O. The lowest BCUT2D eigenvalue weighted by molar-refractivity contribution is 0.122. The predicted octanol–water partition coefficient (Wildman–Crippen LogP) is 2.34. The van der Waals surface area contributed by atoms with Crippen molar-refractivity contribution in [3.8, 4) is 0 Å². The second-order valence-electron chi connectivity index (χ2n) is 7.48. The normalized spacial score (nSPS) is 20.1. The maximum atomic E-state index is 5.51. The first-order valence-corrected chi connectivity index (χ1v) is 10.2.